The zero-order valence-corrected chi connectivity index (χ0v) is 8.12. The first-order valence-electron chi connectivity index (χ1n) is 3.96. The summed E-state index contributed by atoms with van der Waals surface area (Å²) >= 11 is 1.51. The minimum Gasteiger partial charge on any atom is -0.282 e. The maximum absolute atomic E-state index is 11.3. The fourth-order valence-electron chi connectivity index (χ4n) is 0.630. The molecule has 0 aromatic rings. The van der Waals surface area contributed by atoms with E-state index in [1.165, 1.54) is 24.6 Å². The van der Waals surface area contributed by atoms with Crippen LogP contribution in [0.2, 0.25) is 0 Å². The maximum atomic E-state index is 11.3. The van der Waals surface area contributed by atoms with Crippen molar-refractivity contribution in [2.45, 2.75) is 38.9 Å². The second kappa shape index (κ2) is 3.44. The van der Waals surface area contributed by atoms with E-state index in [0.29, 0.717) is 5.25 Å². The lowest BCUT2D eigenvalue weighted by molar-refractivity contribution is -0.107. The van der Waals surface area contributed by atoms with Gasteiger partial charge in [-0.3, -0.25) is 4.79 Å². The molecule has 11 heavy (non-hydrogen) atoms. The second-order valence-corrected chi connectivity index (χ2v) is 4.50. The lowest BCUT2D eigenvalue weighted by atomic mass is 10.2. The van der Waals surface area contributed by atoms with E-state index in [1.807, 2.05) is 20.8 Å². The first kappa shape index (κ1) is 8.85. The monoisotopic (exact) mass is 170 g/mol. The Bertz CT molecular complexity index is 198. The van der Waals surface area contributed by atoms with Gasteiger partial charge < -0.3 is 0 Å². The van der Waals surface area contributed by atoms with Crippen molar-refractivity contribution in [1.29, 1.82) is 0 Å². The van der Waals surface area contributed by atoms with E-state index in [0.717, 1.165) is 11.1 Å². The lowest BCUT2D eigenvalue weighted by Gasteiger charge is -2.00. The van der Waals surface area contributed by atoms with E-state index in [2.05, 4.69) is 0 Å². The molecule has 1 rings (SSSR count). The van der Waals surface area contributed by atoms with Crippen LogP contribution in [0.15, 0.2) is 11.1 Å². The molecule has 62 valence electrons. The van der Waals surface area contributed by atoms with Crippen molar-refractivity contribution >= 4 is 16.9 Å². The Labute approximate surface area is 72.2 Å². The van der Waals surface area contributed by atoms with Crippen molar-refractivity contribution in [2.75, 3.05) is 0 Å². The molecule has 0 saturated heterocycles. The molecule has 0 unspecified atom stereocenters. The van der Waals surface area contributed by atoms with Gasteiger partial charge in [-0.15, -0.1) is 0 Å². The molecule has 0 atom stereocenters. The van der Waals surface area contributed by atoms with E-state index in [-0.39, 0.29) is 5.12 Å². The highest BCUT2D eigenvalue weighted by atomic mass is 32.2. The Morgan fingerprint density at radius 2 is 1.82 bits per heavy atom. The van der Waals surface area contributed by atoms with Gasteiger partial charge in [0, 0.05) is 10.8 Å². The summed E-state index contributed by atoms with van der Waals surface area (Å²) in [6.07, 6.45) is 2.46. The average Bonchev–Trinajstić information content (AvgIpc) is 2.69. The molecule has 2 heteroatoms. The van der Waals surface area contributed by atoms with Crippen LogP contribution in [-0.2, 0) is 4.79 Å². The van der Waals surface area contributed by atoms with Gasteiger partial charge in [0.2, 0.25) is 5.12 Å². The van der Waals surface area contributed by atoms with Crippen LogP contribution < -0.4 is 0 Å². The van der Waals surface area contributed by atoms with E-state index in [1.54, 1.807) is 0 Å². The van der Waals surface area contributed by atoms with Crippen LogP contribution in [0, 0.1) is 0 Å². The first-order chi connectivity index (χ1) is 5.11. The van der Waals surface area contributed by atoms with Gasteiger partial charge in [-0.25, -0.2) is 0 Å². The quantitative estimate of drug-likeness (QED) is 0.593. The van der Waals surface area contributed by atoms with E-state index in [4.69, 9.17) is 0 Å². The van der Waals surface area contributed by atoms with E-state index < -0.39 is 0 Å². The summed E-state index contributed by atoms with van der Waals surface area (Å²) in [5, 5.41) is 0.907. The van der Waals surface area contributed by atoms with Gasteiger partial charge in [0.15, 0.2) is 0 Å². The molecule has 0 N–H and O–H groups in total. The Kier molecular flexibility index (Phi) is 2.77. The second-order valence-electron chi connectivity index (χ2n) is 3.23. The Balaban J connectivity index is 2.45. The van der Waals surface area contributed by atoms with Crippen LogP contribution in [0.1, 0.15) is 33.6 Å². The molecule has 1 saturated carbocycles. The first-order valence-corrected chi connectivity index (χ1v) is 4.84. The molecule has 1 aliphatic rings. The van der Waals surface area contributed by atoms with Gasteiger partial charge in [0.1, 0.15) is 0 Å². The SMILES string of the molecule is CC(C)=C(C)C(=O)SC1CC1. The molecule has 0 radical (unpaired) electrons. The summed E-state index contributed by atoms with van der Waals surface area (Å²) in [4.78, 5) is 11.3. The molecule has 0 aromatic heterocycles. The fraction of sp³-hybridized carbons (Fsp3) is 0.667. The predicted octanol–water partition coefficient (Wildman–Crippen LogP) is 2.76. The van der Waals surface area contributed by atoms with Crippen LogP contribution in [0.3, 0.4) is 0 Å². The number of rotatable bonds is 2. The highest BCUT2D eigenvalue weighted by Gasteiger charge is 2.25. The summed E-state index contributed by atoms with van der Waals surface area (Å²) in [6, 6.07) is 0. The zero-order chi connectivity index (χ0) is 8.43. The molecule has 0 heterocycles. The van der Waals surface area contributed by atoms with Gasteiger partial charge >= 0.3 is 0 Å². The number of carbonyl (C=O) groups is 1. The molecule has 1 nitrogen and oxygen atoms in total. The summed E-state index contributed by atoms with van der Waals surface area (Å²) in [5.41, 5.74) is 2.07. The van der Waals surface area contributed by atoms with Crippen LogP contribution in [0.5, 0.6) is 0 Å². The van der Waals surface area contributed by atoms with Crippen molar-refractivity contribution in [3.05, 3.63) is 11.1 Å². The molecule has 0 amide bonds. The zero-order valence-electron chi connectivity index (χ0n) is 7.31. The minimum atomic E-state index is 0.271. The van der Waals surface area contributed by atoms with E-state index >= 15 is 0 Å². The highest BCUT2D eigenvalue weighted by molar-refractivity contribution is 8.14. The third kappa shape index (κ3) is 2.70. The van der Waals surface area contributed by atoms with Gasteiger partial charge in [-0.1, -0.05) is 17.3 Å². The van der Waals surface area contributed by atoms with Crippen LogP contribution in [0.25, 0.3) is 0 Å². The summed E-state index contributed by atoms with van der Waals surface area (Å²) in [6.45, 7) is 5.88. The number of hydrogen-bond acceptors (Lipinski definition) is 2. The molecule has 0 aromatic carbocycles. The Hall–Kier alpha value is -0.240. The fourth-order valence-corrected chi connectivity index (χ4v) is 1.69. The normalized spacial score (nSPS) is 16.3. The Morgan fingerprint density at radius 1 is 1.27 bits per heavy atom. The summed E-state index contributed by atoms with van der Waals surface area (Å²) in [7, 11) is 0. The maximum Gasteiger partial charge on any atom is 0.215 e. The highest BCUT2D eigenvalue weighted by Crippen LogP contribution is 2.36. The van der Waals surface area contributed by atoms with Crippen LogP contribution in [-0.4, -0.2) is 10.4 Å². The lowest BCUT2D eigenvalue weighted by Crippen LogP contribution is -1.96. The number of allylic oxidation sites excluding steroid dienone is 1. The molecule has 0 aliphatic heterocycles. The third-order valence-electron chi connectivity index (χ3n) is 1.85. The van der Waals surface area contributed by atoms with Gasteiger partial charge in [0.25, 0.3) is 0 Å². The number of carbonyl (C=O) groups excluding carboxylic acids is 1. The van der Waals surface area contributed by atoms with Crippen molar-refractivity contribution in [3.63, 3.8) is 0 Å². The third-order valence-corrected chi connectivity index (χ3v) is 3.18. The molecular weight excluding hydrogens is 156 g/mol. The smallest absolute Gasteiger partial charge is 0.215 e. The van der Waals surface area contributed by atoms with Crippen molar-refractivity contribution in [2.24, 2.45) is 0 Å². The van der Waals surface area contributed by atoms with Crippen molar-refractivity contribution in [1.82, 2.24) is 0 Å². The van der Waals surface area contributed by atoms with Gasteiger partial charge in [-0.05, 0) is 33.6 Å². The molecule has 1 aliphatic carbocycles. The Morgan fingerprint density at radius 3 is 2.18 bits per heavy atom. The molecule has 0 spiro atoms. The van der Waals surface area contributed by atoms with E-state index in [9.17, 15) is 4.79 Å². The van der Waals surface area contributed by atoms with Crippen molar-refractivity contribution < 1.29 is 4.79 Å². The number of thioether (sulfide) groups is 1. The molecule has 1 fully saturated rings. The predicted molar refractivity (Wildman–Crippen MR) is 49.7 cm³/mol. The van der Waals surface area contributed by atoms with Gasteiger partial charge in [-0.2, -0.15) is 0 Å². The molecule has 0 bridgehead atoms. The topological polar surface area (TPSA) is 17.1 Å². The molecular formula is C9H14OS. The number of hydrogen-bond donors (Lipinski definition) is 0. The van der Waals surface area contributed by atoms with Crippen LogP contribution >= 0.6 is 11.8 Å². The van der Waals surface area contributed by atoms with Crippen molar-refractivity contribution in [3.8, 4) is 0 Å². The largest absolute Gasteiger partial charge is 0.282 e. The summed E-state index contributed by atoms with van der Waals surface area (Å²) in [5.74, 6) is 0. The summed E-state index contributed by atoms with van der Waals surface area (Å²) < 4.78 is 0. The van der Waals surface area contributed by atoms with Gasteiger partial charge in [0.05, 0.1) is 0 Å². The standard InChI is InChI=1S/C9H14OS/c1-6(2)7(3)9(10)11-8-4-5-8/h8H,4-5H2,1-3H3. The average molecular weight is 170 g/mol. The van der Waals surface area contributed by atoms with Crippen LogP contribution in [0.4, 0.5) is 0 Å². The minimum absolute atomic E-state index is 0.271.